The summed E-state index contributed by atoms with van der Waals surface area (Å²) in [6.07, 6.45) is 3.78. The molecule has 4 rings (SSSR count). The largest absolute Gasteiger partial charge is 0.361 e. The van der Waals surface area contributed by atoms with E-state index in [0.717, 1.165) is 27.5 Å². The molecule has 4 aromatic rings. The van der Waals surface area contributed by atoms with Crippen LogP contribution in [0, 0.1) is 0 Å². The van der Waals surface area contributed by atoms with Gasteiger partial charge in [-0.2, -0.15) is 0 Å². The van der Waals surface area contributed by atoms with E-state index in [-0.39, 0.29) is 12.5 Å². The van der Waals surface area contributed by atoms with Crippen LogP contribution in [0.4, 0.5) is 5.69 Å². The number of benzene rings is 2. The molecule has 4 nitrogen and oxygen atoms in total. The molecule has 0 saturated carbocycles. The maximum Gasteiger partial charge on any atom is 0.244 e. The third-order valence-corrected chi connectivity index (χ3v) is 4.12. The first kappa shape index (κ1) is 13.9. The molecule has 2 N–H and O–H groups in total. The molecular weight excluding hydrogens is 310 g/mol. The van der Waals surface area contributed by atoms with Gasteiger partial charge in [-0.15, -0.1) is 0 Å². The van der Waals surface area contributed by atoms with Gasteiger partial charge in [0.15, 0.2) is 0 Å². The summed E-state index contributed by atoms with van der Waals surface area (Å²) in [4.78, 5) is 15.4. The first-order valence-corrected chi connectivity index (χ1v) is 7.68. The molecule has 23 heavy (non-hydrogen) atoms. The number of nitrogens with one attached hydrogen (secondary N) is 2. The number of anilines is 1. The van der Waals surface area contributed by atoms with Crippen molar-refractivity contribution in [3.05, 3.63) is 65.9 Å². The Kier molecular flexibility index (Phi) is 3.32. The number of halogens is 1. The molecule has 2 aromatic heterocycles. The quantitative estimate of drug-likeness (QED) is 0.576. The maximum atomic E-state index is 12.3. The van der Waals surface area contributed by atoms with Gasteiger partial charge in [0.1, 0.15) is 6.54 Å². The number of carbonyl (C=O) groups excluding carboxylic acids is 1. The average Bonchev–Trinajstić information content (AvgIpc) is 3.13. The van der Waals surface area contributed by atoms with Gasteiger partial charge < -0.3 is 14.9 Å². The smallest absolute Gasteiger partial charge is 0.244 e. The van der Waals surface area contributed by atoms with E-state index in [9.17, 15) is 4.79 Å². The van der Waals surface area contributed by atoms with Crippen LogP contribution in [0.1, 0.15) is 0 Å². The highest BCUT2D eigenvalue weighted by Gasteiger charge is 2.07. The molecule has 0 saturated heterocycles. The molecule has 0 radical (unpaired) electrons. The molecular formula is C18H14ClN3O. The molecule has 5 heteroatoms. The van der Waals surface area contributed by atoms with Crippen molar-refractivity contribution >= 4 is 45.0 Å². The van der Waals surface area contributed by atoms with Gasteiger partial charge in [-0.05, 0) is 47.9 Å². The van der Waals surface area contributed by atoms with Crippen molar-refractivity contribution in [1.82, 2.24) is 9.55 Å². The lowest BCUT2D eigenvalue weighted by molar-refractivity contribution is -0.116. The third kappa shape index (κ3) is 2.69. The fourth-order valence-corrected chi connectivity index (χ4v) is 2.97. The molecule has 0 atom stereocenters. The fraction of sp³-hybridized carbons (Fsp3) is 0.0556. The zero-order chi connectivity index (χ0) is 15.8. The van der Waals surface area contributed by atoms with E-state index in [1.165, 1.54) is 0 Å². The highest BCUT2D eigenvalue weighted by Crippen LogP contribution is 2.21. The Balaban J connectivity index is 1.54. The number of aromatic amines is 1. The Hall–Kier alpha value is -2.72. The summed E-state index contributed by atoms with van der Waals surface area (Å²) in [6.45, 7) is 0.258. The van der Waals surface area contributed by atoms with Gasteiger partial charge in [-0.1, -0.05) is 17.7 Å². The maximum absolute atomic E-state index is 12.3. The topological polar surface area (TPSA) is 49.8 Å². The van der Waals surface area contributed by atoms with Gasteiger partial charge in [-0.25, -0.2) is 0 Å². The summed E-state index contributed by atoms with van der Waals surface area (Å²) < 4.78 is 1.91. The summed E-state index contributed by atoms with van der Waals surface area (Å²) >= 11 is 5.99. The van der Waals surface area contributed by atoms with Crippen molar-refractivity contribution in [3.8, 4) is 0 Å². The molecule has 0 spiro atoms. The van der Waals surface area contributed by atoms with E-state index < -0.39 is 0 Å². The summed E-state index contributed by atoms with van der Waals surface area (Å²) in [5.41, 5.74) is 2.78. The SMILES string of the molecule is O=C(Cn1ccc2cc(Cl)ccc21)Nc1ccc2cc[nH]c2c1. The van der Waals surface area contributed by atoms with Crippen molar-refractivity contribution in [2.45, 2.75) is 6.54 Å². The predicted molar refractivity (Wildman–Crippen MR) is 93.9 cm³/mol. The van der Waals surface area contributed by atoms with Gasteiger partial charge in [0, 0.05) is 39.5 Å². The molecule has 1 amide bonds. The second-order valence-electron chi connectivity index (χ2n) is 5.47. The zero-order valence-electron chi connectivity index (χ0n) is 12.2. The summed E-state index contributed by atoms with van der Waals surface area (Å²) in [6, 6.07) is 15.4. The standard InChI is InChI=1S/C18H14ClN3O/c19-14-2-4-17-13(9-14)6-8-22(17)11-18(23)21-15-3-1-12-5-7-20-16(12)10-15/h1-10,20H,11H2,(H,21,23). The van der Waals surface area contributed by atoms with Crippen LogP contribution in [-0.4, -0.2) is 15.5 Å². The molecule has 0 bridgehead atoms. The van der Waals surface area contributed by atoms with Gasteiger partial charge >= 0.3 is 0 Å². The van der Waals surface area contributed by atoms with Crippen LogP contribution in [0.25, 0.3) is 21.8 Å². The number of carbonyl (C=O) groups is 1. The molecule has 0 aliphatic carbocycles. The number of amides is 1. The van der Waals surface area contributed by atoms with Crippen molar-refractivity contribution in [3.63, 3.8) is 0 Å². The fourth-order valence-electron chi connectivity index (χ4n) is 2.79. The lowest BCUT2D eigenvalue weighted by Gasteiger charge is -2.08. The molecule has 2 heterocycles. The number of fused-ring (bicyclic) bond motifs is 2. The Morgan fingerprint density at radius 2 is 2.00 bits per heavy atom. The lowest BCUT2D eigenvalue weighted by Crippen LogP contribution is -2.18. The van der Waals surface area contributed by atoms with E-state index in [1.54, 1.807) is 0 Å². The minimum Gasteiger partial charge on any atom is -0.361 e. The molecule has 0 fully saturated rings. The number of aromatic nitrogens is 2. The first-order valence-electron chi connectivity index (χ1n) is 7.30. The van der Waals surface area contributed by atoms with E-state index >= 15 is 0 Å². The van der Waals surface area contributed by atoms with Crippen molar-refractivity contribution in [1.29, 1.82) is 0 Å². The molecule has 0 unspecified atom stereocenters. The van der Waals surface area contributed by atoms with Gasteiger partial charge in [0.2, 0.25) is 5.91 Å². The number of nitrogens with zero attached hydrogens (tertiary/aromatic N) is 1. The van der Waals surface area contributed by atoms with E-state index in [4.69, 9.17) is 11.6 Å². The van der Waals surface area contributed by atoms with E-state index in [0.29, 0.717) is 5.02 Å². The first-order chi connectivity index (χ1) is 11.2. The van der Waals surface area contributed by atoms with Gasteiger partial charge in [0.25, 0.3) is 0 Å². The van der Waals surface area contributed by atoms with Crippen LogP contribution >= 0.6 is 11.6 Å². The van der Waals surface area contributed by atoms with Crippen molar-refractivity contribution in [2.75, 3.05) is 5.32 Å². The summed E-state index contributed by atoms with van der Waals surface area (Å²) in [7, 11) is 0. The molecule has 0 aliphatic heterocycles. The number of hydrogen-bond donors (Lipinski definition) is 2. The number of H-pyrrole nitrogens is 1. The van der Waals surface area contributed by atoms with Crippen LogP contribution < -0.4 is 5.32 Å². The highest BCUT2D eigenvalue weighted by molar-refractivity contribution is 6.31. The van der Waals surface area contributed by atoms with Gasteiger partial charge in [0.05, 0.1) is 0 Å². The Labute approximate surface area is 137 Å². The number of hydrogen-bond acceptors (Lipinski definition) is 1. The molecule has 0 aliphatic rings. The highest BCUT2D eigenvalue weighted by atomic mass is 35.5. The Morgan fingerprint density at radius 3 is 2.91 bits per heavy atom. The monoisotopic (exact) mass is 323 g/mol. The lowest BCUT2D eigenvalue weighted by atomic mass is 10.2. The molecule has 114 valence electrons. The summed E-state index contributed by atoms with van der Waals surface area (Å²) in [5.74, 6) is -0.0663. The van der Waals surface area contributed by atoms with Crippen LogP contribution in [0.5, 0.6) is 0 Å². The predicted octanol–water partition coefficient (Wildman–Crippen LogP) is 4.41. The number of rotatable bonds is 3. The Bertz CT molecular complexity index is 1020. The minimum atomic E-state index is -0.0663. The van der Waals surface area contributed by atoms with Crippen molar-refractivity contribution < 1.29 is 4.79 Å². The van der Waals surface area contributed by atoms with E-state index in [1.807, 2.05) is 65.5 Å². The minimum absolute atomic E-state index is 0.0663. The van der Waals surface area contributed by atoms with Crippen LogP contribution in [0.3, 0.4) is 0 Å². The Morgan fingerprint density at radius 1 is 1.09 bits per heavy atom. The van der Waals surface area contributed by atoms with Crippen LogP contribution in [-0.2, 0) is 11.3 Å². The molecule has 2 aromatic carbocycles. The van der Waals surface area contributed by atoms with Crippen molar-refractivity contribution in [2.24, 2.45) is 0 Å². The zero-order valence-corrected chi connectivity index (χ0v) is 13.0. The average molecular weight is 324 g/mol. The summed E-state index contributed by atoms with van der Waals surface area (Å²) in [5, 5.41) is 5.77. The van der Waals surface area contributed by atoms with Crippen LogP contribution in [0.2, 0.25) is 5.02 Å². The third-order valence-electron chi connectivity index (χ3n) is 3.89. The normalized spacial score (nSPS) is 11.2. The van der Waals surface area contributed by atoms with Gasteiger partial charge in [-0.3, -0.25) is 4.79 Å². The van der Waals surface area contributed by atoms with E-state index in [2.05, 4.69) is 10.3 Å². The second kappa shape index (κ2) is 5.48. The van der Waals surface area contributed by atoms with Crippen LogP contribution in [0.15, 0.2) is 60.9 Å². The second-order valence-corrected chi connectivity index (χ2v) is 5.91.